The van der Waals surface area contributed by atoms with E-state index in [4.69, 9.17) is 4.74 Å². The molecule has 0 bridgehead atoms. The molecule has 0 aliphatic carbocycles. The highest BCUT2D eigenvalue weighted by Gasteiger charge is 2.32. The van der Waals surface area contributed by atoms with Crippen LogP contribution in [0.2, 0.25) is 0 Å². The fourth-order valence-electron chi connectivity index (χ4n) is 2.13. The summed E-state index contributed by atoms with van der Waals surface area (Å²) in [4.78, 5) is 0. The Morgan fingerprint density at radius 3 is 2.75 bits per heavy atom. The summed E-state index contributed by atoms with van der Waals surface area (Å²) < 4.78 is 45.9. The van der Waals surface area contributed by atoms with Crippen molar-refractivity contribution in [2.75, 3.05) is 19.8 Å². The molecule has 2 rings (SSSR count). The van der Waals surface area contributed by atoms with Gasteiger partial charge >= 0.3 is 6.18 Å². The molecule has 1 aromatic rings. The lowest BCUT2D eigenvalue weighted by molar-refractivity contribution is -0.179. The van der Waals surface area contributed by atoms with Gasteiger partial charge in [-0.15, -0.1) is 0 Å². The summed E-state index contributed by atoms with van der Waals surface area (Å²) >= 11 is 0. The summed E-state index contributed by atoms with van der Waals surface area (Å²) in [5, 5.41) is 9.89. The zero-order valence-electron chi connectivity index (χ0n) is 11.3. The quantitative estimate of drug-likeness (QED) is 0.926. The summed E-state index contributed by atoms with van der Waals surface area (Å²) in [5.41, 5.74) is 1.31. The van der Waals surface area contributed by atoms with Gasteiger partial charge in [0.15, 0.2) is 0 Å². The monoisotopic (exact) mass is 290 g/mol. The van der Waals surface area contributed by atoms with E-state index in [0.717, 1.165) is 11.3 Å². The van der Waals surface area contributed by atoms with Crippen LogP contribution in [-0.2, 0) is 10.2 Å². The van der Waals surface area contributed by atoms with Crippen molar-refractivity contribution < 1.29 is 27.8 Å². The van der Waals surface area contributed by atoms with Crippen molar-refractivity contribution in [3.05, 3.63) is 29.3 Å². The highest BCUT2D eigenvalue weighted by molar-refractivity contribution is 5.45. The van der Waals surface area contributed by atoms with Crippen molar-refractivity contribution in [3.8, 4) is 5.75 Å². The van der Waals surface area contributed by atoms with Gasteiger partial charge in [-0.05, 0) is 17.7 Å². The molecule has 0 saturated heterocycles. The van der Waals surface area contributed by atoms with Gasteiger partial charge in [-0.2, -0.15) is 13.2 Å². The van der Waals surface area contributed by atoms with Crippen molar-refractivity contribution in [1.29, 1.82) is 0 Å². The lowest BCUT2D eigenvalue weighted by Gasteiger charge is -2.18. The molecule has 112 valence electrons. The fourth-order valence-corrected chi connectivity index (χ4v) is 2.13. The van der Waals surface area contributed by atoms with E-state index in [1.165, 1.54) is 0 Å². The average Bonchev–Trinajstić information content (AvgIpc) is 2.63. The Morgan fingerprint density at radius 1 is 1.40 bits per heavy atom. The van der Waals surface area contributed by atoms with Crippen LogP contribution in [0.1, 0.15) is 31.1 Å². The molecule has 20 heavy (non-hydrogen) atoms. The maximum Gasteiger partial charge on any atom is 0.411 e. The van der Waals surface area contributed by atoms with Crippen LogP contribution in [-0.4, -0.2) is 31.1 Å². The number of fused-ring (bicyclic) bond motifs is 1. The van der Waals surface area contributed by atoms with E-state index in [1.807, 2.05) is 13.8 Å². The van der Waals surface area contributed by atoms with Gasteiger partial charge in [0.25, 0.3) is 0 Å². The van der Waals surface area contributed by atoms with Gasteiger partial charge in [0.1, 0.15) is 18.5 Å². The third-order valence-corrected chi connectivity index (χ3v) is 3.25. The SMILES string of the molecule is CC1(C)COc2ccc(C(O)COCC(F)(F)F)cc21. The summed E-state index contributed by atoms with van der Waals surface area (Å²) in [5.74, 6) is 0.752. The average molecular weight is 290 g/mol. The molecule has 1 heterocycles. The van der Waals surface area contributed by atoms with Crippen molar-refractivity contribution in [2.24, 2.45) is 0 Å². The number of aliphatic hydroxyl groups is 1. The Kier molecular flexibility index (Phi) is 3.97. The lowest BCUT2D eigenvalue weighted by Crippen LogP contribution is -2.20. The van der Waals surface area contributed by atoms with E-state index < -0.39 is 18.9 Å². The number of halogens is 3. The van der Waals surface area contributed by atoms with Crippen molar-refractivity contribution in [3.63, 3.8) is 0 Å². The zero-order valence-corrected chi connectivity index (χ0v) is 11.3. The molecule has 3 nitrogen and oxygen atoms in total. The highest BCUT2D eigenvalue weighted by Crippen LogP contribution is 2.39. The Balaban J connectivity index is 2.03. The Morgan fingerprint density at radius 2 is 2.10 bits per heavy atom. The molecule has 1 atom stereocenters. The zero-order chi connectivity index (χ0) is 15.0. The van der Waals surface area contributed by atoms with Crippen LogP contribution < -0.4 is 4.74 Å². The van der Waals surface area contributed by atoms with E-state index >= 15 is 0 Å². The van der Waals surface area contributed by atoms with E-state index in [-0.39, 0.29) is 12.0 Å². The molecule has 1 unspecified atom stereocenters. The smallest absolute Gasteiger partial charge is 0.411 e. The fraction of sp³-hybridized carbons (Fsp3) is 0.571. The number of aliphatic hydroxyl groups excluding tert-OH is 1. The third-order valence-electron chi connectivity index (χ3n) is 3.25. The third kappa shape index (κ3) is 3.43. The molecule has 1 aliphatic heterocycles. The standard InChI is InChI=1S/C14H17F3O3/c1-13(2)7-20-12-4-3-9(5-10(12)13)11(18)6-19-8-14(15,16)17/h3-5,11,18H,6-8H2,1-2H3. The first-order chi connectivity index (χ1) is 9.19. The number of hydrogen-bond donors (Lipinski definition) is 1. The van der Waals surface area contributed by atoms with Crippen LogP contribution in [0.4, 0.5) is 13.2 Å². The molecular formula is C14H17F3O3. The Hall–Kier alpha value is -1.27. The predicted molar refractivity (Wildman–Crippen MR) is 66.8 cm³/mol. The van der Waals surface area contributed by atoms with Crippen LogP contribution in [0, 0.1) is 0 Å². The second kappa shape index (κ2) is 5.26. The van der Waals surface area contributed by atoms with Crippen LogP contribution in [0.5, 0.6) is 5.75 Å². The van der Waals surface area contributed by atoms with Crippen molar-refractivity contribution in [2.45, 2.75) is 31.5 Å². The van der Waals surface area contributed by atoms with Gasteiger partial charge in [0.2, 0.25) is 0 Å². The minimum absolute atomic E-state index is 0.169. The predicted octanol–water partition coefficient (Wildman–Crippen LogP) is 2.97. The molecule has 0 aromatic heterocycles. The summed E-state index contributed by atoms with van der Waals surface area (Å²) in [7, 11) is 0. The van der Waals surface area contributed by atoms with Gasteiger partial charge in [-0.3, -0.25) is 0 Å². The minimum Gasteiger partial charge on any atom is -0.492 e. The number of hydrogen-bond acceptors (Lipinski definition) is 3. The van der Waals surface area contributed by atoms with Crippen molar-refractivity contribution in [1.82, 2.24) is 0 Å². The summed E-state index contributed by atoms with van der Waals surface area (Å²) in [6.45, 7) is 2.82. The van der Waals surface area contributed by atoms with Gasteiger partial charge in [-0.25, -0.2) is 0 Å². The molecule has 0 amide bonds. The van der Waals surface area contributed by atoms with Crippen LogP contribution in [0.3, 0.4) is 0 Å². The van der Waals surface area contributed by atoms with Crippen molar-refractivity contribution >= 4 is 0 Å². The number of benzene rings is 1. The molecule has 0 radical (unpaired) electrons. The second-order valence-electron chi connectivity index (χ2n) is 5.57. The first kappa shape index (κ1) is 15.1. The van der Waals surface area contributed by atoms with E-state index in [9.17, 15) is 18.3 Å². The molecule has 1 aromatic carbocycles. The topological polar surface area (TPSA) is 38.7 Å². The molecule has 1 N–H and O–H groups in total. The number of alkyl halides is 3. The van der Waals surface area contributed by atoms with E-state index in [1.54, 1.807) is 18.2 Å². The maximum atomic E-state index is 12.0. The van der Waals surface area contributed by atoms with Gasteiger partial charge in [-0.1, -0.05) is 19.9 Å². The first-order valence-corrected chi connectivity index (χ1v) is 6.29. The normalized spacial score (nSPS) is 18.5. The summed E-state index contributed by atoms with van der Waals surface area (Å²) in [6, 6.07) is 5.14. The molecular weight excluding hydrogens is 273 g/mol. The Labute approximate surface area is 115 Å². The second-order valence-corrected chi connectivity index (χ2v) is 5.57. The maximum absolute atomic E-state index is 12.0. The Bertz CT molecular complexity index is 483. The number of ether oxygens (including phenoxy) is 2. The summed E-state index contributed by atoms with van der Waals surface area (Å²) in [6.07, 6.45) is -5.47. The van der Waals surface area contributed by atoms with Gasteiger partial charge in [0.05, 0.1) is 13.2 Å². The lowest BCUT2D eigenvalue weighted by atomic mass is 9.85. The van der Waals surface area contributed by atoms with Crippen LogP contribution >= 0.6 is 0 Å². The van der Waals surface area contributed by atoms with Gasteiger partial charge in [0, 0.05) is 11.0 Å². The molecule has 1 aliphatic rings. The number of rotatable bonds is 4. The highest BCUT2D eigenvalue weighted by atomic mass is 19.4. The van der Waals surface area contributed by atoms with Gasteiger partial charge < -0.3 is 14.6 Å². The molecule has 0 spiro atoms. The molecule has 0 saturated carbocycles. The molecule has 0 fully saturated rings. The van der Waals surface area contributed by atoms with E-state index in [0.29, 0.717) is 12.2 Å². The van der Waals surface area contributed by atoms with E-state index in [2.05, 4.69) is 4.74 Å². The van der Waals surface area contributed by atoms with Crippen LogP contribution in [0.15, 0.2) is 18.2 Å². The molecule has 6 heteroatoms. The first-order valence-electron chi connectivity index (χ1n) is 6.29. The largest absolute Gasteiger partial charge is 0.492 e. The van der Waals surface area contributed by atoms with Crippen LogP contribution in [0.25, 0.3) is 0 Å². The minimum atomic E-state index is -4.38.